The number of rotatable bonds is 6. The molecule has 28 heavy (non-hydrogen) atoms. The number of halogens is 1. The molecule has 0 aliphatic carbocycles. The second-order valence-corrected chi connectivity index (χ2v) is 6.51. The Morgan fingerprint density at radius 2 is 1.39 bits per heavy atom. The van der Waals surface area contributed by atoms with Crippen molar-refractivity contribution in [1.82, 2.24) is 0 Å². The summed E-state index contributed by atoms with van der Waals surface area (Å²) < 4.78 is 0. The Bertz CT molecular complexity index is 965. The molecule has 0 aliphatic heterocycles. The van der Waals surface area contributed by atoms with E-state index in [1.54, 1.807) is 60.7 Å². The Morgan fingerprint density at radius 3 is 1.93 bits per heavy atom. The highest BCUT2D eigenvalue weighted by atomic mass is 35.5. The lowest BCUT2D eigenvalue weighted by atomic mass is 9.84. The van der Waals surface area contributed by atoms with Gasteiger partial charge in [0.25, 0.3) is 0 Å². The Balaban J connectivity index is 2.24. The van der Waals surface area contributed by atoms with Gasteiger partial charge in [-0.25, -0.2) is 10.4 Å². The molecule has 0 aliphatic rings. The molecular formula is C20H17ClN2O5. The van der Waals surface area contributed by atoms with Gasteiger partial charge in [0.2, 0.25) is 0 Å². The van der Waals surface area contributed by atoms with Crippen molar-refractivity contribution >= 4 is 28.8 Å². The summed E-state index contributed by atoms with van der Waals surface area (Å²) in [6.07, 6.45) is 0. The number of nitrogens with one attached hydrogen (secondary N) is 2. The summed E-state index contributed by atoms with van der Waals surface area (Å²) in [5.74, 6) is -1.26. The third-order valence-corrected chi connectivity index (χ3v) is 4.68. The van der Waals surface area contributed by atoms with Gasteiger partial charge in [-0.2, -0.15) is 10.5 Å². The summed E-state index contributed by atoms with van der Waals surface area (Å²) >= 11 is 6.10. The molecule has 3 aromatic carbocycles. The monoisotopic (exact) mass is 400 g/mol. The lowest BCUT2D eigenvalue weighted by Crippen LogP contribution is -3.01. The SMILES string of the molecule is O=C(c1ccccc1)[C@H](c1ccccc1)c1cc(Cl)c([NH+]([O-])O)cc1[NH+]([O-])O. The zero-order valence-electron chi connectivity index (χ0n) is 14.5. The van der Waals surface area contributed by atoms with E-state index in [1.165, 1.54) is 6.07 Å². The standard InChI is InChI=1S/C20H17ClN2O5/c21-16-11-15(17(22(25)26)12-18(16)23(27)28)19(13-7-3-1-4-8-13)20(24)14-9-5-2-6-10-14/h1-12,19,22-23,25,27H/t19-/m1/s1. The average molecular weight is 401 g/mol. The largest absolute Gasteiger partial charge is 0.595 e. The van der Waals surface area contributed by atoms with Crippen molar-refractivity contribution in [3.63, 3.8) is 0 Å². The Morgan fingerprint density at radius 1 is 0.857 bits per heavy atom. The van der Waals surface area contributed by atoms with Gasteiger partial charge in [-0.15, -0.1) is 0 Å². The Kier molecular flexibility index (Phi) is 6.18. The molecule has 2 unspecified atom stereocenters. The summed E-state index contributed by atoms with van der Waals surface area (Å²) in [4.78, 5) is 13.3. The first-order valence-corrected chi connectivity index (χ1v) is 8.72. The van der Waals surface area contributed by atoms with Crippen molar-refractivity contribution in [3.05, 3.63) is 105 Å². The van der Waals surface area contributed by atoms with Crippen LogP contribution in [0.25, 0.3) is 0 Å². The molecule has 3 rings (SSSR count). The van der Waals surface area contributed by atoms with Crippen LogP contribution in [0.2, 0.25) is 5.02 Å². The van der Waals surface area contributed by atoms with E-state index in [0.29, 0.717) is 11.1 Å². The molecule has 0 aromatic heterocycles. The molecule has 0 bridgehead atoms. The quantitative estimate of drug-likeness (QED) is 0.374. The number of ketones is 1. The molecule has 0 fully saturated rings. The molecule has 7 nitrogen and oxygen atoms in total. The summed E-state index contributed by atoms with van der Waals surface area (Å²) in [6, 6.07) is 19.5. The van der Waals surface area contributed by atoms with E-state index in [1.807, 2.05) is 0 Å². The van der Waals surface area contributed by atoms with E-state index in [0.717, 1.165) is 6.07 Å². The highest BCUT2D eigenvalue weighted by Crippen LogP contribution is 2.36. The van der Waals surface area contributed by atoms with Gasteiger partial charge >= 0.3 is 0 Å². The van der Waals surface area contributed by atoms with Gasteiger partial charge in [-0.3, -0.25) is 4.79 Å². The first-order valence-electron chi connectivity index (χ1n) is 8.34. The van der Waals surface area contributed by atoms with E-state index >= 15 is 0 Å². The van der Waals surface area contributed by atoms with E-state index in [4.69, 9.17) is 11.6 Å². The maximum atomic E-state index is 13.3. The molecule has 0 saturated carbocycles. The number of hydrogen-bond donors (Lipinski definition) is 4. The third-order valence-electron chi connectivity index (χ3n) is 4.36. The number of carbonyl (C=O) groups is 1. The molecule has 4 N–H and O–H groups in total. The number of quaternary nitrogens is 2. The minimum absolute atomic E-state index is 0.130. The number of hydrogen-bond acceptors (Lipinski definition) is 5. The highest BCUT2D eigenvalue weighted by Gasteiger charge is 2.31. The smallest absolute Gasteiger partial charge is 0.188 e. The lowest BCUT2D eigenvalue weighted by Gasteiger charge is -2.24. The number of benzene rings is 3. The topological polar surface area (TPSA) is 113 Å². The van der Waals surface area contributed by atoms with Crippen molar-refractivity contribution in [2.45, 2.75) is 5.92 Å². The first-order chi connectivity index (χ1) is 13.4. The third kappa shape index (κ3) is 4.11. The number of carbonyl (C=O) groups excluding carboxylic acids is 1. The van der Waals surface area contributed by atoms with Gasteiger partial charge in [0.05, 0.1) is 12.0 Å². The fraction of sp³-hybridized carbons (Fsp3) is 0.0500. The summed E-state index contributed by atoms with van der Waals surface area (Å²) in [7, 11) is 0. The van der Waals surface area contributed by atoms with Crippen LogP contribution in [0.5, 0.6) is 0 Å². The van der Waals surface area contributed by atoms with Crippen LogP contribution in [-0.2, 0) is 0 Å². The molecule has 0 saturated heterocycles. The summed E-state index contributed by atoms with van der Waals surface area (Å²) in [6.45, 7) is 0. The molecular weight excluding hydrogens is 384 g/mol. The highest BCUT2D eigenvalue weighted by molar-refractivity contribution is 6.32. The Labute approximate surface area is 165 Å². The van der Waals surface area contributed by atoms with E-state index in [9.17, 15) is 25.6 Å². The molecule has 0 radical (unpaired) electrons. The molecule has 144 valence electrons. The molecule has 0 spiro atoms. The van der Waals surface area contributed by atoms with Gasteiger partial charge in [-0.05, 0) is 11.6 Å². The predicted molar refractivity (Wildman–Crippen MR) is 102 cm³/mol. The van der Waals surface area contributed by atoms with Crippen LogP contribution >= 0.6 is 11.6 Å². The van der Waals surface area contributed by atoms with Gasteiger partial charge in [0.15, 0.2) is 17.2 Å². The molecule has 3 aromatic rings. The van der Waals surface area contributed by atoms with Crippen molar-refractivity contribution in [2.24, 2.45) is 0 Å². The normalized spacial score (nSPS) is 14.3. The zero-order chi connectivity index (χ0) is 20.3. The molecule has 0 heterocycles. The predicted octanol–water partition coefficient (Wildman–Crippen LogP) is 2.16. The molecule has 3 atom stereocenters. The van der Waals surface area contributed by atoms with Crippen LogP contribution in [0.15, 0.2) is 72.8 Å². The van der Waals surface area contributed by atoms with Crippen LogP contribution in [-0.4, -0.2) is 16.2 Å². The van der Waals surface area contributed by atoms with Gasteiger partial charge in [0, 0.05) is 11.1 Å². The minimum Gasteiger partial charge on any atom is -0.595 e. The van der Waals surface area contributed by atoms with Gasteiger partial charge in [0.1, 0.15) is 5.02 Å². The second kappa shape index (κ2) is 8.59. The average Bonchev–Trinajstić information content (AvgIpc) is 2.69. The Hall–Kier alpha value is -2.62. The van der Waals surface area contributed by atoms with E-state index in [2.05, 4.69) is 0 Å². The minimum atomic E-state index is -1.34. The number of Topliss-reactive ketones (excluding diaryl/α,β-unsaturated/α-hetero) is 1. The molecule has 8 heteroatoms. The second-order valence-electron chi connectivity index (χ2n) is 6.10. The fourth-order valence-corrected chi connectivity index (χ4v) is 3.32. The van der Waals surface area contributed by atoms with Crippen LogP contribution in [0.1, 0.15) is 27.4 Å². The maximum Gasteiger partial charge on any atom is 0.188 e. The van der Waals surface area contributed by atoms with Crippen LogP contribution in [0.4, 0.5) is 11.4 Å². The van der Waals surface area contributed by atoms with Crippen molar-refractivity contribution in [1.29, 1.82) is 0 Å². The van der Waals surface area contributed by atoms with Crippen molar-refractivity contribution in [2.75, 3.05) is 0 Å². The fourth-order valence-electron chi connectivity index (χ4n) is 3.06. The molecule has 0 amide bonds. The van der Waals surface area contributed by atoms with Gasteiger partial charge in [-0.1, -0.05) is 72.3 Å². The van der Waals surface area contributed by atoms with Crippen molar-refractivity contribution < 1.29 is 25.7 Å². The van der Waals surface area contributed by atoms with Crippen LogP contribution in [0, 0.1) is 10.4 Å². The maximum absolute atomic E-state index is 13.3. The van der Waals surface area contributed by atoms with Crippen LogP contribution in [0.3, 0.4) is 0 Å². The van der Waals surface area contributed by atoms with Crippen LogP contribution < -0.4 is 10.5 Å². The first kappa shape index (κ1) is 20.1. The zero-order valence-corrected chi connectivity index (χ0v) is 15.3. The van der Waals surface area contributed by atoms with E-state index < -0.39 is 16.4 Å². The van der Waals surface area contributed by atoms with Gasteiger partial charge < -0.3 is 10.4 Å². The lowest BCUT2D eigenvalue weighted by molar-refractivity contribution is -0.996. The summed E-state index contributed by atoms with van der Waals surface area (Å²) in [5, 5.41) is 39.3. The van der Waals surface area contributed by atoms with Crippen molar-refractivity contribution in [3.8, 4) is 0 Å². The van der Waals surface area contributed by atoms with E-state index in [-0.39, 0.29) is 27.7 Å². The summed E-state index contributed by atoms with van der Waals surface area (Å²) in [5.41, 5.74) is 0.522.